The zero-order valence-electron chi connectivity index (χ0n) is 11.5. The van der Waals surface area contributed by atoms with Crippen LogP contribution in [-0.2, 0) is 9.47 Å². The Morgan fingerprint density at radius 2 is 2.35 bits per heavy atom. The molecule has 0 spiro atoms. The van der Waals surface area contributed by atoms with Gasteiger partial charge >= 0.3 is 5.97 Å². The van der Waals surface area contributed by atoms with Gasteiger partial charge in [-0.25, -0.2) is 9.78 Å². The van der Waals surface area contributed by atoms with Crippen LogP contribution in [0.1, 0.15) is 28.0 Å². The number of nitrogens with one attached hydrogen (secondary N) is 1. The minimum atomic E-state index is -0.461. The van der Waals surface area contributed by atoms with E-state index in [-0.39, 0.29) is 0 Å². The molecular weight excluding hydrogens is 278 g/mol. The average molecular weight is 293 g/mol. The normalized spacial score (nSPS) is 10.9. The number of ether oxygens (including phenoxy) is 2. The lowest BCUT2D eigenvalue weighted by molar-refractivity contribution is 0.0595. The summed E-state index contributed by atoms with van der Waals surface area (Å²) in [6.07, 6.45) is 5.07. The van der Waals surface area contributed by atoms with Crippen LogP contribution in [0.5, 0.6) is 0 Å². The van der Waals surface area contributed by atoms with E-state index in [1.165, 1.54) is 18.4 Å². The highest BCUT2D eigenvalue weighted by atomic mass is 32.1. The van der Waals surface area contributed by atoms with Crippen LogP contribution in [-0.4, -0.2) is 34.9 Å². The molecule has 2 rings (SSSR count). The summed E-state index contributed by atoms with van der Waals surface area (Å²) in [6, 6.07) is 0. The number of thiazole rings is 1. The van der Waals surface area contributed by atoms with E-state index < -0.39 is 5.97 Å². The van der Waals surface area contributed by atoms with Crippen molar-refractivity contribution in [1.82, 2.24) is 15.2 Å². The Morgan fingerprint density at radius 3 is 3.05 bits per heavy atom. The summed E-state index contributed by atoms with van der Waals surface area (Å²) in [5.74, 6) is -0.461. The molecule has 0 aliphatic rings. The lowest BCUT2D eigenvalue weighted by Crippen LogP contribution is -2.03. The second-order valence-corrected chi connectivity index (χ2v) is 4.91. The summed E-state index contributed by atoms with van der Waals surface area (Å²) in [4.78, 5) is 17.1. The fourth-order valence-electron chi connectivity index (χ4n) is 1.59. The maximum atomic E-state index is 11.6. The van der Waals surface area contributed by atoms with Crippen molar-refractivity contribution in [3.63, 3.8) is 0 Å². The molecule has 106 valence electrons. The third-order valence-corrected chi connectivity index (χ3v) is 3.73. The number of aromatic amines is 1. The van der Waals surface area contributed by atoms with Crippen LogP contribution in [0.4, 0.5) is 0 Å². The Hall–Kier alpha value is -2.15. The monoisotopic (exact) mass is 293 g/mol. The van der Waals surface area contributed by atoms with Gasteiger partial charge in [0.15, 0.2) is 5.69 Å². The third kappa shape index (κ3) is 2.88. The van der Waals surface area contributed by atoms with E-state index >= 15 is 0 Å². The fourth-order valence-corrected chi connectivity index (χ4v) is 2.56. The number of methoxy groups -OCH3 is 1. The number of carbonyl (C=O) groups excluding carboxylic acids is 1. The molecule has 0 radical (unpaired) electrons. The van der Waals surface area contributed by atoms with Gasteiger partial charge in [0.2, 0.25) is 0 Å². The predicted molar refractivity (Wildman–Crippen MR) is 76.4 cm³/mol. The molecule has 0 saturated heterocycles. The van der Waals surface area contributed by atoms with Crippen molar-refractivity contribution in [2.75, 3.05) is 13.7 Å². The molecule has 0 amide bonds. The maximum Gasteiger partial charge on any atom is 0.356 e. The van der Waals surface area contributed by atoms with Crippen molar-refractivity contribution in [1.29, 1.82) is 0 Å². The summed E-state index contributed by atoms with van der Waals surface area (Å²) in [7, 11) is 1.33. The maximum absolute atomic E-state index is 11.6. The summed E-state index contributed by atoms with van der Waals surface area (Å²) in [6.45, 7) is 4.45. The molecule has 0 atom stereocenters. The Balaban J connectivity index is 2.33. The number of nitrogens with zero attached hydrogens (tertiary/aromatic N) is 2. The Morgan fingerprint density at radius 1 is 1.55 bits per heavy atom. The number of carbonyl (C=O) groups is 1. The number of hydrogen-bond donors (Lipinski definition) is 1. The van der Waals surface area contributed by atoms with Crippen molar-refractivity contribution in [3.05, 3.63) is 28.7 Å². The molecule has 0 aromatic carbocycles. The number of esters is 1. The van der Waals surface area contributed by atoms with E-state index in [1.807, 2.05) is 19.9 Å². The highest BCUT2D eigenvalue weighted by Gasteiger charge is 2.19. The Labute approximate surface area is 120 Å². The second kappa shape index (κ2) is 6.33. The molecule has 2 aromatic rings. The highest BCUT2D eigenvalue weighted by molar-refractivity contribution is 7.16. The predicted octanol–water partition coefficient (Wildman–Crippen LogP) is 2.64. The zero-order chi connectivity index (χ0) is 14.5. The first-order valence-corrected chi connectivity index (χ1v) is 6.86. The first-order chi connectivity index (χ1) is 9.67. The number of hydrogen-bond acceptors (Lipinski definition) is 6. The van der Waals surface area contributed by atoms with E-state index in [9.17, 15) is 4.79 Å². The molecule has 0 unspecified atom stereocenters. The second-order valence-electron chi connectivity index (χ2n) is 3.88. The van der Waals surface area contributed by atoms with Gasteiger partial charge in [-0.05, 0) is 19.9 Å². The van der Waals surface area contributed by atoms with E-state index in [4.69, 9.17) is 9.47 Å². The number of aromatic nitrogens is 3. The lowest BCUT2D eigenvalue weighted by atomic mass is 10.2. The molecule has 0 bridgehead atoms. The average Bonchev–Trinajstić information content (AvgIpc) is 3.05. The standard InChI is InChI=1S/C13H15N3O3S/c1-4-19-6-5-10-8(2)15-12(20-10)9-7-14-16-11(9)13(17)18-3/h5-7H,4H2,1-3H3,(H,14,16)/b6-5+. The number of rotatable bonds is 5. The van der Waals surface area contributed by atoms with Gasteiger partial charge < -0.3 is 9.47 Å². The molecule has 0 saturated carbocycles. The fraction of sp³-hybridized carbons (Fsp3) is 0.308. The molecule has 0 fully saturated rings. The van der Waals surface area contributed by atoms with Gasteiger partial charge in [0.05, 0.1) is 42.3 Å². The smallest absolute Gasteiger partial charge is 0.356 e. The van der Waals surface area contributed by atoms with Crippen LogP contribution in [0.3, 0.4) is 0 Å². The number of aryl methyl sites for hydroxylation is 1. The van der Waals surface area contributed by atoms with Crippen LogP contribution >= 0.6 is 11.3 Å². The highest BCUT2D eigenvalue weighted by Crippen LogP contribution is 2.30. The molecule has 6 nitrogen and oxygen atoms in total. The number of H-pyrrole nitrogens is 1. The lowest BCUT2D eigenvalue weighted by Gasteiger charge is -1.97. The van der Waals surface area contributed by atoms with E-state index in [2.05, 4.69) is 15.2 Å². The Bertz CT molecular complexity index is 631. The minimum Gasteiger partial charge on any atom is -0.501 e. The molecular formula is C13H15N3O3S. The Kier molecular flexibility index (Phi) is 4.52. The van der Waals surface area contributed by atoms with Crippen molar-refractivity contribution in [2.24, 2.45) is 0 Å². The largest absolute Gasteiger partial charge is 0.501 e. The van der Waals surface area contributed by atoms with Crippen molar-refractivity contribution >= 4 is 23.4 Å². The summed E-state index contributed by atoms with van der Waals surface area (Å²) >= 11 is 1.46. The molecule has 20 heavy (non-hydrogen) atoms. The van der Waals surface area contributed by atoms with Gasteiger partial charge in [-0.15, -0.1) is 11.3 Å². The van der Waals surface area contributed by atoms with Crippen LogP contribution in [0.25, 0.3) is 16.6 Å². The van der Waals surface area contributed by atoms with Crippen LogP contribution in [0, 0.1) is 6.92 Å². The van der Waals surface area contributed by atoms with Crippen molar-refractivity contribution in [2.45, 2.75) is 13.8 Å². The van der Waals surface area contributed by atoms with Crippen LogP contribution in [0.2, 0.25) is 0 Å². The van der Waals surface area contributed by atoms with Gasteiger partial charge in [-0.2, -0.15) is 5.10 Å². The first kappa shape index (κ1) is 14.3. The molecule has 2 heterocycles. The summed E-state index contributed by atoms with van der Waals surface area (Å²) in [5, 5.41) is 7.23. The van der Waals surface area contributed by atoms with Gasteiger partial charge in [0.25, 0.3) is 0 Å². The quantitative estimate of drug-likeness (QED) is 0.677. The molecule has 1 N–H and O–H groups in total. The van der Waals surface area contributed by atoms with Gasteiger partial charge in [0.1, 0.15) is 5.01 Å². The van der Waals surface area contributed by atoms with Gasteiger partial charge in [0, 0.05) is 0 Å². The first-order valence-electron chi connectivity index (χ1n) is 6.05. The zero-order valence-corrected chi connectivity index (χ0v) is 12.3. The van der Waals surface area contributed by atoms with Crippen LogP contribution < -0.4 is 0 Å². The van der Waals surface area contributed by atoms with E-state index in [0.717, 1.165) is 10.6 Å². The molecule has 0 aliphatic carbocycles. The van der Waals surface area contributed by atoms with Gasteiger partial charge in [-0.3, -0.25) is 5.10 Å². The van der Waals surface area contributed by atoms with Crippen LogP contribution in [0.15, 0.2) is 12.5 Å². The summed E-state index contributed by atoms with van der Waals surface area (Å²) < 4.78 is 9.88. The summed E-state index contributed by atoms with van der Waals surface area (Å²) in [5.41, 5.74) is 1.82. The molecule has 2 aromatic heterocycles. The van der Waals surface area contributed by atoms with Gasteiger partial charge in [-0.1, -0.05) is 0 Å². The van der Waals surface area contributed by atoms with E-state index in [0.29, 0.717) is 22.9 Å². The van der Waals surface area contributed by atoms with E-state index in [1.54, 1.807) is 12.5 Å². The molecule has 7 heteroatoms. The third-order valence-electron chi connectivity index (χ3n) is 2.57. The minimum absolute atomic E-state index is 0.307. The molecule has 0 aliphatic heterocycles. The van der Waals surface area contributed by atoms with Crippen molar-refractivity contribution < 1.29 is 14.3 Å². The SMILES string of the molecule is CCO/C=C/c1sc(-c2cn[nH]c2C(=O)OC)nc1C. The van der Waals surface area contributed by atoms with Crippen molar-refractivity contribution in [3.8, 4) is 10.6 Å². The topological polar surface area (TPSA) is 77.1 Å².